The lowest BCUT2D eigenvalue weighted by Crippen LogP contribution is -2.41. The van der Waals surface area contributed by atoms with Crippen LogP contribution in [-0.4, -0.2) is 24.0 Å². The minimum atomic E-state index is 0.777. The summed E-state index contributed by atoms with van der Waals surface area (Å²) in [5, 5.41) is 0. The van der Waals surface area contributed by atoms with Gasteiger partial charge >= 0.3 is 0 Å². The van der Waals surface area contributed by atoms with Gasteiger partial charge in [-0.1, -0.05) is 12.2 Å². The quantitative estimate of drug-likeness (QED) is 0.457. The first-order valence-corrected chi connectivity index (χ1v) is 4.19. The number of rotatable bonds is 0. The Morgan fingerprint density at radius 1 is 1.30 bits per heavy atom. The maximum atomic E-state index is 2.56. The van der Waals surface area contributed by atoms with Crippen LogP contribution >= 0.6 is 0 Å². The zero-order valence-electron chi connectivity index (χ0n) is 6.29. The summed E-state index contributed by atoms with van der Waals surface area (Å²) in [6.07, 6.45) is 11.0. The Kier molecular flexibility index (Phi) is 1.76. The Bertz CT molecular complexity index is 124. The summed E-state index contributed by atoms with van der Waals surface area (Å²) in [4.78, 5) is 2.56. The largest absolute Gasteiger partial charge is 0.296 e. The molecule has 1 fully saturated rings. The van der Waals surface area contributed by atoms with Crippen LogP contribution in [0.2, 0.25) is 0 Å². The molecule has 0 N–H and O–H groups in total. The molecule has 0 amide bonds. The molecule has 1 heteroatoms. The summed E-state index contributed by atoms with van der Waals surface area (Å²) in [5.74, 6) is 0. The molecule has 0 bridgehead atoms. The maximum Gasteiger partial charge on any atom is 0.0166 e. The number of hydrogen-bond acceptors (Lipinski definition) is 1. The van der Waals surface area contributed by atoms with E-state index < -0.39 is 0 Å². The molecule has 1 unspecified atom stereocenters. The molecule has 0 aromatic rings. The predicted octanol–water partition coefficient (Wildman–Crippen LogP) is 1.61. The number of nitrogens with zero attached hydrogens (tertiary/aromatic N) is 1. The van der Waals surface area contributed by atoms with E-state index in [2.05, 4.69) is 23.5 Å². The van der Waals surface area contributed by atoms with Gasteiger partial charge in [0.15, 0.2) is 0 Å². The highest BCUT2D eigenvalue weighted by molar-refractivity contribution is 5.02. The van der Waals surface area contributed by atoms with Crippen molar-refractivity contribution in [3.63, 3.8) is 0 Å². The third-order valence-corrected chi connectivity index (χ3v) is 2.44. The first kappa shape index (κ1) is 6.41. The van der Waals surface area contributed by atoms with Gasteiger partial charge < -0.3 is 0 Å². The van der Waals surface area contributed by atoms with Crippen LogP contribution in [0.3, 0.4) is 0 Å². The molecule has 1 nitrogen and oxygen atoms in total. The molecule has 0 spiro atoms. The van der Waals surface area contributed by atoms with Crippen LogP contribution in [0.15, 0.2) is 12.2 Å². The van der Waals surface area contributed by atoms with Crippen molar-refractivity contribution in [1.82, 2.24) is 4.90 Å². The van der Waals surface area contributed by atoms with Gasteiger partial charge in [0.2, 0.25) is 0 Å². The lowest BCUT2D eigenvalue weighted by molar-refractivity contribution is 0.200. The summed E-state index contributed by atoms with van der Waals surface area (Å²) >= 11 is 0. The van der Waals surface area contributed by atoms with E-state index in [1.54, 1.807) is 0 Å². The first-order valence-electron chi connectivity index (χ1n) is 4.19. The van der Waals surface area contributed by atoms with E-state index in [0.717, 1.165) is 6.04 Å². The fourth-order valence-corrected chi connectivity index (χ4v) is 1.84. The van der Waals surface area contributed by atoms with Gasteiger partial charge in [0.1, 0.15) is 0 Å². The molecule has 1 atom stereocenters. The second kappa shape index (κ2) is 2.75. The lowest BCUT2D eigenvalue weighted by atomic mass is 9.97. The summed E-state index contributed by atoms with van der Waals surface area (Å²) in [7, 11) is 0. The average molecular weight is 136 g/mol. The highest BCUT2D eigenvalue weighted by atomic mass is 15.2. The van der Waals surface area contributed by atoms with Crippen molar-refractivity contribution in [3.05, 3.63) is 18.6 Å². The minimum absolute atomic E-state index is 0.777. The van der Waals surface area contributed by atoms with Crippen molar-refractivity contribution in [1.29, 1.82) is 0 Å². The smallest absolute Gasteiger partial charge is 0.0166 e. The molecule has 55 valence electrons. The Morgan fingerprint density at radius 2 is 2.30 bits per heavy atom. The first-order chi connectivity index (χ1) is 4.97. The van der Waals surface area contributed by atoms with E-state index in [0.29, 0.717) is 0 Å². The highest BCUT2D eigenvalue weighted by Gasteiger charge is 2.21. The third-order valence-electron chi connectivity index (χ3n) is 2.44. The topological polar surface area (TPSA) is 3.24 Å². The third kappa shape index (κ3) is 1.10. The van der Waals surface area contributed by atoms with Gasteiger partial charge in [-0.15, -0.1) is 0 Å². The zero-order valence-corrected chi connectivity index (χ0v) is 6.29. The molecule has 2 heterocycles. The standard InChI is InChI=1S/C9H14N/c1-3-7-10-8-4-2-6-9(10)5-1/h1,3,6,9H,2,4-5,7-8H2. The van der Waals surface area contributed by atoms with E-state index >= 15 is 0 Å². The second-order valence-corrected chi connectivity index (χ2v) is 3.15. The minimum Gasteiger partial charge on any atom is -0.296 e. The van der Waals surface area contributed by atoms with Crippen molar-refractivity contribution in [2.75, 3.05) is 13.1 Å². The SMILES string of the molecule is [CH]1CCCN2CC=CCC12. The molecule has 0 aromatic heterocycles. The lowest BCUT2D eigenvalue weighted by Gasteiger charge is -2.36. The van der Waals surface area contributed by atoms with Crippen molar-refractivity contribution >= 4 is 0 Å². The fraction of sp³-hybridized carbons (Fsp3) is 0.667. The van der Waals surface area contributed by atoms with E-state index in [1.165, 1.54) is 32.4 Å². The zero-order chi connectivity index (χ0) is 6.81. The van der Waals surface area contributed by atoms with Crippen LogP contribution in [0.1, 0.15) is 19.3 Å². The van der Waals surface area contributed by atoms with Gasteiger partial charge in [-0.25, -0.2) is 0 Å². The van der Waals surface area contributed by atoms with Crippen LogP contribution in [0.5, 0.6) is 0 Å². The highest BCUT2D eigenvalue weighted by Crippen LogP contribution is 2.21. The predicted molar refractivity (Wildman–Crippen MR) is 42.7 cm³/mol. The van der Waals surface area contributed by atoms with Crippen molar-refractivity contribution < 1.29 is 0 Å². The Morgan fingerprint density at radius 3 is 3.20 bits per heavy atom. The molecule has 2 aliphatic rings. The Balaban J connectivity index is 2.01. The second-order valence-electron chi connectivity index (χ2n) is 3.15. The monoisotopic (exact) mass is 136 g/mol. The molecule has 1 saturated heterocycles. The van der Waals surface area contributed by atoms with Crippen LogP contribution in [0, 0.1) is 6.42 Å². The van der Waals surface area contributed by atoms with Gasteiger partial charge in [-0.2, -0.15) is 0 Å². The van der Waals surface area contributed by atoms with Gasteiger partial charge in [-0.05, 0) is 32.2 Å². The molecule has 0 saturated carbocycles. The van der Waals surface area contributed by atoms with Crippen LogP contribution in [-0.2, 0) is 0 Å². The van der Waals surface area contributed by atoms with Gasteiger partial charge in [-0.3, -0.25) is 4.90 Å². The molecule has 0 aliphatic carbocycles. The molecule has 0 aromatic carbocycles. The number of piperidine rings is 1. The molecule has 2 aliphatic heterocycles. The molecule has 10 heavy (non-hydrogen) atoms. The maximum absolute atomic E-state index is 2.56. The summed E-state index contributed by atoms with van der Waals surface area (Å²) in [5.41, 5.74) is 0. The summed E-state index contributed by atoms with van der Waals surface area (Å²) in [6, 6.07) is 0.777. The van der Waals surface area contributed by atoms with Crippen molar-refractivity contribution in [2.24, 2.45) is 0 Å². The molecular weight excluding hydrogens is 122 g/mol. The van der Waals surface area contributed by atoms with Crippen LogP contribution < -0.4 is 0 Å². The normalized spacial score (nSPS) is 33.8. The van der Waals surface area contributed by atoms with Gasteiger partial charge in [0.05, 0.1) is 0 Å². The fourth-order valence-electron chi connectivity index (χ4n) is 1.84. The number of hydrogen-bond donors (Lipinski definition) is 0. The number of fused-ring (bicyclic) bond motifs is 1. The van der Waals surface area contributed by atoms with E-state index in [1.807, 2.05) is 0 Å². The van der Waals surface area contributed by atoms with E-state index in [9.17, 15) is 0 Å². The van der Waals surface area contributed by atoms with Crippen LogP contribution in [0.4, 0.5) is 0 Å². The van der Waals surface area contributed by atoms with Crippen molar-refractivity contribution in [3.8, 4) is 0 Å². The summed E-state index contributed by atoms with van der Waals surface area (Å²) in [6.45, 7) is 2.49. The van der Waals surface area contributed by atoms with Gasteiger partial charge in [0.25, 0.3) is 0 Å². The average Bonchev–Trinajstić information content (AvgIpc) is 2.05. The van der Waals surface area contributed by atoms with Gasteiger partial charge in [0, 0.05) is 12.6 Å². The van der Waals surface area contributed by atoms with E-state index in [4.69, 9.17) is 0 Å². The molecule has 1 radical (unpaired) electrons. The molecular formula is C9H14N. The van der Waals surface area contributed by atoms with Crippen molar-refractivity contribution in [2.45, 2.75) is 25.3 Å². The van der Waals surface area contributed by atoms with E-state index in [-0.39, 0.29) is 0 Å². The van der Waals surface area contributed by atoms with Crippen LogP contribution in [0.25, 0.3) is 0 Å². The Labute approximate surface area is 62.7 Å². The summed E-state index contributed by atoms with van der Waals surface area (Å²) < 4.78 is 0. The Hall–Kier alpha value is -0.300. The molecule has 2 rings (SSSR count).